The van der Waals surface area contributed by atoms with E-state index < -0.39 is 24.7 Å². The van der Waals surface area contributed by atoms with Crippen LogP contribution in [0.4, 0.5) is 13.2 Å². The quantitative estimate of drug-likeness (QED) is 0.735. The zero-order valence-electron chi connectivity index (χ0n) is 9.38. The molecule has 0 aliphatic carbocycles. The molecule has 6 heteroatoms. The number of alkyl halides is 3. The maximum absolute atomic E-state index is 12.6. The molecule has 1 rings (SSSR count). The van der Waals surface area contributed by atoms with E-state index in [1.807, 2.05) is 0 Å². The number of ether oxygens (including phenoxy) is 1. The molecule has 0 saturated carbocycles. The highest BCUT2D eigenvalue weighted by atomic mass is 19.4. The summed E-state index contributed by atoms with van der Waals surface area (Å²) in [6, 6.07) is -1.78. The Labute approximate surface area is 92.5 Å². The first-order valence-corrected chi connectivity index (χ1v) is 5.26. The van der Waals surface area contributed by atoms with Crippen LogP contribution in [-0.2, 0) is 9.53 Å². The average molecular weight is 239 g/mol. The van der Waals surface area contributed by atoms with Crippen LogP contribution in [0.15, 0.2) is 0 Å². The number of hydrogen-bond donors (Lipinski definition) is 0. The molecular formula is C10H16F3NO2. The minimum Gasteiger partial charge on any atom is -0.377 e. The Hall–Kier alpha value is -0.780. The smallest absolute Gasteiger partial charge is 0.377 e. The van der Waals surface area contributed by atoms with Gasteiger partial charge < -0.3 is 9.64 Å². The normalized spacial score (nSPS) is 22.6. The van der Waals surface area contributed by atoms with E-state index in [1.54, 1.807) is 13.8 Å². The number of carbonyl (C=O) groups is 1. The van der Waals surface area contributed by atoms with E-state index in [0.29, 0.717) is 0 Å². The molecule has 0 aromatic heterocycles. The lowest BCUT2D eigenvalue weighted by Crippen LogP contribution is -2.55. The molecule has 0 radical (unpaired) electrons. The molecule has 0 bridgehead atoms. The van der Waals surface area contributed by atoms with Crippen LogP contribution in [0, 0.1) is 5.92 Å². The number of amides is 1. The Kier molecular flexibility index (Phi) is 4.18. The van der Waals surface area contributed by atoms with Crippen molar-refractivity contribution in [3.05, 3.63) is 0 Å². The van der Waals surface area contributed by atoms with Crippen molar-refractivity contribution in [3.8, 4) is 0 Å². The van der Waals surface area contributed by atoms with Gasteiger partial charge in [0.1, 0.15) is 0 Å². The van der Waals surface area contributed by atoms with Crippen LogP contribution in [0.5, 0.6) is 0 Å². The number of rotatable bonds is 2. The van der Waals surface area contributed by atoms with Crippen molar-refractivity contribution in [1.29, 1.82) is 0 Å². The summed E-state index contributed by atoms with van der Waals surface area (Å²) < 4.78 is 42.6. The van der Waals surface area contributed by atoms with Gasteiger partial charge in [-0.25, -0.2) is 0 Å². The maximum atomic E-state index is 12.6. The molecule has 1 unspecified atom stereocenters. The van der Waals surface area contributed by atoms with Gasteiger partial charge in [0.25, 0.3) is 0 Å². The molecule has 3 nitrogen and oxygen atoms in total. The minimum atomic E-state index is -4.41. The summed E-state index contributed by atoms with van der Waals surface area (Å²) in [5.74, 6) is -0.384. The summed E-state index contributed by atoms with van der Waals surface area (Å²) in [6.45, 7) is 3.36. The number of morpholine rings is 1. The van der Waals surface area contributed by atoms with Gasteiger partial charge in [0, 0.05) is 13.0 Å². The monoisotopic (exact) mass is 239 g/mol. The number of carbonyl (C=O) groups excluding carboxylic acids is 1. The summed E-state index contributed by atoms with van der Waals surface area (Å²) in [7, 11) is 0. The van der Waals surface area contributed by atoms with Crippen molar-refractivity contribution in [2.24, 2.45) is 5.92 Å². The summed E-state index contributed by atoms with van der Waals surface area (Å²) in [5, 5.41) is 0. The van der Waals surface area contributed by atoms with Crippen LogP contribution in [0.3, 0.4) is 0 Å². The van der Waals surface area contributed by atoms with Crippen molar-refractivity contribution in [1.82, 2.24) is 4.90 Å². The molecule has 1 saturated heterocycles. The topological polar surface area (TPSA) is 29.5 Å². The number of halogens is 3. The molecule has 0 N–H and O–H groups in total. The van der Waals surface area contributed by atoms with E-state index in [1.165, 1.54) is 0 Å². The van der Waals surface area contributed by atoms with Gasteiger partial charge in [-0.15, -0.1) is 0 Å². The fraction of sp³-hybridized carbons (Fsp3) is 0.900. The Balaban J connectivity index is 2.70. The third-order valence-electron chi connectivity index (χ3n) is 2.41. The fourth-order valence-corrected chi connectivity index (χ4v) is 1.64. The number of hydrogen-bond acceptors (Lipinski definition) is 2. The second-order valence-corrected chi connectivity index (χ2v) is 4.32. The van der Waals surface area contributed by atoms with Crippen LogP contribution in [0.1, 0.15) is 20.3 Å². The van der Waals surface area contributed by atoms with E-state index in [2.05, 4.69) is 0 Å². The van der Waals surface area contributed by atoms with Crippen LogP contribution in [0.2, 0.25) is 0 Å². The second-order valence-electron chi connectivity index (χ2n) is 4.32. The van der Waals surface area contributed by atoms with Gasteiger partial charge in [-0.05, 0) is 5.92 Å². The standard InChI is InChI=1S/C10H16F3NO2/c1-7(2)5-9(15)14-3-4-16-6-8(14)10(11,12)13/h7-8H,3-6H2,1-2H3. The van der Waals surface area contributed by atoms with Crippen molar-refractivity contribution >= 4 is 5.91 Å². The molecule has 1 atom stereocenters. The first-order valence-electron chi connectivity index (χ1n) is 5.26. The lowest BCUT2D eigenvalue weighted by atomic mass is 10.1. The molecular weight excluding hydrogens is 223 g/mol. The van der Waals surface area contributed by atoms with Gasteiger partial charge in [0.15, 0.2) is 6.04 Å². The molecule has 94 valence electrons. The minimum absolute atomic E-state index is 0.0235. The predicted molar refractivity (Wildman–Crippen MR) is 51.8 cm³/mol. The van der Waals surface area contributed by atoms with Crippen molar-refractivity contribution in [2.45, 2.75) is 32.5 Å². The van der Waals surface area contributed by atoms with Gasteiger partial charge in [-0.2, -0.15) is 13.2 Å². The highest BCUT2D eigenvalue weighted by molar-refractivity contribution is 5.77. The van der Waals surface area contributed by atoms with Crippen LogP contribution in [-0.4, -0.2) is 42.8 Å². The Bertz CT molecular complexity index is 253. The highest BCUT2D eigenvalue weighted by Crippen LogP contribution is 2.27. The summed E-state index contributed by atoms with van der Waals surface area (Å²) in [4.78, 5) is 12.5. The van der Waals surface area contributed by atoms with E-state index >= 15 is 0 Å². The molecule has 1 aliphatic rings. The molecule has 0 aromatic rings. The van der Waals surface area contributed by atoms with E-state index in [9.17, 15) is 18.0 Å². The van der Waals surface area contributed by atoms with Gasteiger partial charge in [0.2, 0.25) is 5.91 Å². The molecule has 1 fully saturated rings. The Morgan fingerprint density at radius 2 is 2.12 bits per heavy atom. The molecule has 1 aliphatic heterocycles. The van der Waals surface area contributed by atoms with E-state index in [0.717, 1.165) is 4.90 Å². The largest absolute Gasteiger partial charge is 0.411 e. The second kappa shape index (κ2) is 5.03. The highest BCUT2D eigenvalue weighted by Gasteiger charge is 2.46. The van der Waals surface area contributed by atoms with Crippen LogP contribution in [0.25, 0.3) is 0 Å². The van der Waals surface area contributed by atoms with Crippen molar-refractivity contribution in [3.63, 3.8) is 0 Å². The van der Waals surface area contributed by atoms with Gasteiger partial charge in [-0.1, -0.05) is 13.8 Å². The van der Waals surface area contributed by atoms with Gasteiger partial charge in [0.05, 0.1) is 13.2 Å². The van der Waals surface area contributed by atoms with E-state index in [4.69, 9.17) is 4.74 Å². The zero-order valence-corrected chi connectivity index (χ0v) is 9.38. The van der Waals surface area contributed by atoms with Crippen molar-refractivity contribution < 1.29 is 22.7 Å². The average Bonchev–Trinajstić information content (AvgIpc) is 2.15. The predicted octanol–water partition coefficient (Wildman–Crippen LogP) is 1.82. The van der Waals surface area contributed by atoms with Gasteiger partial charge >= 0.3 is 6.18 Å². The summed E-state index contributed by atoms with van der Waals surface area (Å²) >= 11 is 0. The summed E-state index contributed by atoms with van der Waals surface area (Å²) in [5.41, 5.74) is 0. The first kappa shape index (κ1) is 13.3. The third-order valence-corrected chi connectivity index (χ3v) is 2.41. The van der Waals surface area contributed by atoms with Crippen LogP contribution < -0.4 is 0 Å². The molecule has 1 amide bonds. The van der Waals surface area contributed by atoms with Crippen LogP contribution >= 0.6 is 0 Å². The fourth-order valence-electron chi connectivity index (χ4n) is 1.64. The molecule has 16 heavy (non-hydrogen) atoms. The molecule has 0 aromatic carbocycles. The SMILES string of the molecule is CC(C)CC(=O)N1CCOCC1C(F)(F)F. The number of nitrogens with zero attached hydrogens (tertiary/aromatic N) is 1. The van der Waals surface area contributed by atoms with Crippen molar-refractivity contribution in [2.75, 3.05) is 19.8 Å². The summed E-state index contributed by atoms with van der Waals surface area (Å²) in [6.07, 6.45) is -4.26. The molecule has 1 heterocycles. The van der Waals surface area contributed by atoms with Gasteiger partial charge in [-0.3, -0.25) is 4.79 Å². The zero-order chi connectivity index (χ0) is 12.3. The van der Waals surface area contributed by atoms with E-state index in [-0.39, 0.29) is 25.5 Å². The third kappa shape index (κ3) is 3.37. The Morgan fingerprint density at radius 1 is 1.50 bits per heavy atom. The Morgan fingerprint density at radius 3 is 2.62 bits per heavy atom. The first-order chi connectivity index (χ1) is 7.32. The maximum Gasteiger partial charge on any atom is 0.411 e. The lowest BCUT2D eigenvalue weighted by molar-refractivity contribution is -0.213. The molecule has 0 spiro atoms. The lowest BCUT2D eigenvalue weighted by Gasteiger charge is -2.36.